The maximum absolute atomic E-state index is 13.4. The number of nitrogens with two attached hydrogens (primary N) is 4. The number of aliphatic carboxylic acids is 1. The molecule has 0 unspecified atom stereocenters. The second-order valence-electron chi connectivity index (χ2n) is 11.6. The molecular formula is C30H48N10O9. The van der Waals surface area contributed by atoms with E-state index in [9.17, 15) is 43.8 Å². The van der Waals surface area contributed by atoms with Crippen molar-refractivity contribution in [2.24, 2.45) is 33.8 Å². The van der Waals surface area contributed by atoms with Crippen LogP contribution in [0.1, 0.15) is 45.1 Å². The summed E-state index contributed by atoms with van der Waals surface area (Å²) in [6.07, 6.45) is -0.410. The van der Waals surface area contributed by atoms with E-state index in [1.165, 1.54) is 0 Å². The highest BCUT2D eigenvalue weighted by Crippen LogP contribution is 2.08. The monoisotopic (exact) mass is 692 g/mol. The van der Waals surface area contributed by atoms with Crippen LogP contribution in [-0.4, -0.2) is 107 Å². The molecule has 0 fully saturated rings. The first-order valence-electron chi connectivity index (χ1n) is 15.5. The van der Waals surface area contributed by atoms with Crippen LogP contribution in [0.25, 0.3) is 0 Å². The summed E-state index contributed by atoms with van der Waals surface area (Å²) in [7, 11) is 0. The second kappa shape index (κ2) is 21.5. The van der Waals surface area contributed by atoms with Crippen molar-refractivity contribution in [3.63, 3.8) is 0 Å². The molecule has 19 nitrogen and oxygen atoms in total. The Morgan fingerprint density at radius 1 is 0.796 bits per heavy atom. The number of carboxylic acids is 1. The van der Waals surface area contributed by atoms with Crippen LogP contribution in [0.5, 0.6) is 0 Å². The summed E-state index contributed by atoms with van der Waals surface area (Å²) < 4.78 is 0. The van der Waals surface area contributed by atoms with Crippen molar-refractivity contribution in [3.05, 3.63) is 35.9 Å². The van der Waals surface area contributed by atoms with Gasteiger partial charge in [-0.2, -0.15) is 0 Å². The van der Waals surface area contributed by atoms with Crippen LogP contribution < -0.4 is 49.5 Å². The van der Waals surface area contributed by atoms with Crippen molar-refractivity contribution < 1.29 is 43.8 Å². The number of nitrogens with zero attached hydrogens (tertiary/aromatic N) is 1. The molecule has 49 heavy (non-hydrogen) atoms. The quantitative estimate of drug-likeness (QED) is 0.0312. The number of carboxylic acid groups (broad SMARTS) is 1. The fraction of sp³-hybridized carbons (Fsp3) is 0.533. The number of aliphatic hydroxyl groups excluding tert-OH is 1. The lowest BCUT2D eigenvalue weighted by atomic mass is 10.0. The van der Waals surface area contributed by atoms with Crippen LogP contribution in [0.4, 0.5) is 0 Å². The highest BCUT2D eigenvalue weighted by Gasteiger charge is 2.31. The molecule has 6 amide bonds. The maximum atomic E-state index is 13.4. The molecule has 15 N–H and O–H groups in total. The lowest BCUT2D eigenvalue weighted by Gasteiger charge is -2.25. The molecule has 5 atom stereocenters. The molecule has 0 radical (unpaired) electrons. The van der Waals surface area contributed by atoms with Crippen molar-refractivity contribution in [2.75, 3.05) is 19.7 Å². The van der Waals surface area contributed by atoms with E-state index in [-0.39, 0.29) is 44.1 Å². The van der Waals surface area contributed by atoms with Crippen molar-refractivity contribution in [1.82, 2.24) is 26.6 Å². The van der Waals surface area contributed by atoms with Crippen LogP contribution in [0.3, 0.4) is 0 Å². The average Bonchev–Trinajstić information content (AvgIpc) is 3.03. The van der Waals surface area contributed by atoms with Gasteiger partial charge in [0.1, 0.15) is 30.2 Å². The zero-order valence-corrected chi connectivity index (χ0v) is 27.5. The largest absolute Gasteiger partial charge is 0.480 e. The molecule has 0 bridgehead atoms. The average molecular weight is 693 g/mol. The number of benzene rings is 1. The highest BCUT2D eigenvalue weighted by molar-refractivity contribution is 5.95. The molecule has 0 spiro atoms. The van der Waals surface area contributed by atoms with Crippen LogP contribution >= 0.6 is 0 Å². The number of aliphatic hydroxyl groups is 1. The van der Waals surface area contributed by atoms with Gasteiger partial charge in [-0.15, -0.1) is 0 Å². The Morgan fingerprint density at radius 2 is 1.39 bits per heavy atom. The van der Waals surface area contributed by atoms with Gasteiger partial charge in [0.25, 0.3) is 0 Å². The molecule has 0 aliphatic carbocycles. The van der Waals surface area contributed by atoms with Gasteiger partial charge in [-0.25, -0.2) is 4.79 Å². The minimum atomic E-state index is -1.66. The van der Waals surface area contributed by atoms with Gasteiger partial charge in [0.15, 0.2) is 5.96 Å². The van der Waals surface area contributed by atoms with Crippen LogP contribution in [0.15, 0.2) is 35.3 Å². The summed E-state index contributed by atoms with van der Waals surface area (Å²) in [6, 6.07) is 2.10. The number of hydrogen-bond acceptors (Lipinski definition) is 10. The SMILES string of the molecule is CC(C)C[C@H](NC(=O)CNC(=O)[C@H](Cc1ccccc1)NC(=O)[C@@H](N)CO)C(=O)N[C@@H](CCCN=C(N)N)C(=O)N[C@@H](CC(N)=O)C(=O)O. The van der Waals surface area contributed by atoms with Crippen molar-refractivity contribution in [3.8, 4) is 0 Å². The number of nitrogens with one attached hydrogen (secondary N) is 5. The van der Waals surface area contributed by atoms with E-state index in [0.717, 1.165) is 0 Å². The molecule has 1 aromatic rings. The third-order valence-electron chi connectivity index (χ3n) is 6.83. The Labute approximate surface area is 283 Å². The van der Waals surface area contributed by atoms with Crippen molar-refractivity contribution in [2.45, 2.75) is 76.2 Å². The fourth-order valence-electron chi connectivity index (χ4n) is 4.38. The molecule has 0 saturated heterocycles. The number of carbonyl (C=O) groups is 7. The Morgan fingerprint density at radius 3 is 1.94 bits per heavy atom. The minimum absolute atomic E-state index is 0.0470. The first kappa shape index (κ1) is 41.7. The van der Waals surface area contributed by atoms with Gasteiger partial charge in [0, 0.05) is 13.0 Å². The highest BCUT2D eigenvalue weighted by atomic mass is 16.4. The van der Waals surface area contributed by atoms with Crippen LogP contribution in [-0.2, 0) is 40.0 Å². The Balaban J connectivity index is 3.06. The molecular weight excluding hydrogens is 644 g/mol. The molecule has 0 saturated carbocycles. The second-order valence-corrected chi connectivity index (χ2v) is 11.6. The first-order chi connectivity index (χ1) is 23.0. The number of amides is 6. The molecule has 0 aromatic heterocycles. The third-order valence-corrected chi connectivity index (χ3v) is 6.83. The van der Waals surface area contributed by atoms with E-state index >= 15 is 0 Å². The zero-order chi connectivity index (χ0) is 37.1. The molecule has 1 aromatic carbocycles. The summed E-state index contributed by atoms with van der Waals surface area (Å²) in [4.78, 5) is 91.5. The van der Waals surface area contributed by atoms with Gasteiger partial charge in [-0.05, 0) is 30.7 Å². The number of guanidine groups is 1. The predicted molar refractivity (Wildman–Crippen MR) is 177 cm³/mol. The van der Waals surface area contributed by atoms with Crippen molar-refractivity contribution in [1.29, 1.82) is 0 Å². The summed E-state index contributed by atoms with van der Waals surface area (Å²) in [5, 5.41) is 30.7. The summed E-state index contributed by atoms with van der Waals surface area (Å²) >= 11 is 0. The summed E-state index contributed by atoms with van der Waals surface area (Å²) in [5.41, 5.74) is 22.0. The van der Waals surface area contributed by atoms with E-state index in [1.807, 2.05) is 0 Å². The Hall–Kier alpha value is -5.30. The van der Waals surface area contributed by atoms with Crippen LogP contribution in [0.2, 0.25) is 0 Å². The van der Waals surface area contributed by atoms with Gasteiger partial charge >= 0.3 is 5.97 Å². The molecule has 0 aliphatic rings. The topological polar surface area (TPSA) is 337 Å². The molecule has 19 heteroatoms. The normalized spacial score (nSPS) is 13.8. The number of carbonyl (C=O) groups excluding carboxylic acids is 6. The molecule has 0 aliphatic heterocycles. The van der Waals surface area contributed by atoms with Gasteiger partial charge < -0.3 is 59.7 Å². The fourth-order valence-corrected chi connectivity index (χ4v) is 4.38. The van der Waals surface area contributed by atoms with Crippen molar-refractivity contribution >= 4 is 47.4 Å². The van der Waals surface area contributed by atoms with E-state index in [2.05, 4.69) is 31.6 Å². The number of aliphatic imine (C=N–C) groups is 1. The minimum Gasteiger partial charge on any atom is -0.480 e. The Bertz CT molecular complexity index is 1320. The van der Waals surface area contributed by atoms with E-state index in [1.54, 1.807) is 44.2 Å². The first-order valence-corrected chi connectivity index (χ1v) is 15.5. The number of rotatable bonds is 22. The lowest BCUT2D eigenvalue weighted by Crippen LogP contribution is -2.57. The van der Waals surface area contributed by atoms with E-state index < -0.39 is 91.2 Å². The van der Waals surface area contributed by atoms with E-state index in [4.69, 9.17) is 22.9 Å². The summed E-state index contributed by atoms with van der Waals surface area (Å²) in [6.45, 7) is 2.39. The number of hydrogen-bond donors (Lipinski definition) is 11. The molecule has 0 heterocycles. The van der Waals surface area contributed by atoms with Gasteiger partial charge in [-0.3, -0.25) is 33.8 Å². The van der Waals surface area contributed by atoms with Gasteiger partial charge in [0.05, 0.1) is 19.6 Å². The predicted octanol–water partition coefficient (Wildman–Crippen LogP) is -4.34. The van der Waals surface area contributed by atoms with E-state index in [0.29, 0.717) is 5.56 Å². The maximum Gasteiger partial charge on any atom is 0.326 e. The summed E-state index contributed by atoms with van der Waals surface area (Å²) in [5.74, 6) is -6.83. The molecule has 1 rings (SSSR count). The molecule has 272 valence electrons. The van der Waals surface area contributed by atoms with Gasteiger partial charge in [-0.1, -0.05) is 44.2 Å². The van der Waals surface area contributed by atoms with Gasteiger partial charge in [0.2, 0.25) is 35.4 Å². The third kappa shape index (κ3) is 16.9. The Kier molecular flexibility index (Phi) is 18.3. The number of primary amides is 1. The van der Waals surface area contributed by atoms with Crippen LogP contribution in [0, 0.1) is 5.92 Å². The lowest BCUT2D eigenvalue weighted by molar-refractivity contribution is -0.143. The zero-order valence-electron chi connectivity index (χ0n) is 27.5. The smallest absolute Gasteiger partial charge is 0.326 e. The standard InChI is InChI=1S/C30H48N10O9/c1-16(2)11-20(28(47)38-19(9-6-10-35-30(33)34)27(46)40-22(29(48)49)13-23(32)42)37-24(43)14-36-26(45)21(39-25(44)18(31)15-41)12-17-7-4-3-5-8-17/h3-5,7-8,16,18-22,41H,6,9-15,31H2,1-2H3,(H2,32,42)(H,36,45)(H,37,43)(H,38,47)(H,39,44)(H,40,46)(H,48,49)(H4,33,34,35)/t18-,19-,20-,21-,22-/m0/s1.